The third kappa shape index (κ3) is 3.56. The summed E-state index contributed by atoms with van der Waals surface area (Å²) in [6, 6.07) is -0.307. The average Bonchev–Trinajstić information content (AvgIpc) is 2.40. The first-order chi connectivity index (χ1) is 9.47. The van der Waals surface area contributed by atoms with Crippen LogP contribution in [0.15, 0.2) is 0 Å². The summed E-state index contributed by atoms with van der Waals surface area (Å²) in [5.74, 6) is -0.414. The molecule has 3 atom stereocenters. The van der Waals surface area contributed by atoms with Crippen molar-refractivity contribution >= 4 is 17.7 Å². The monoisotopic (exact) mass is 281 g/mol. The van der Waals surface area contributed by atoms with E-state index in [0.717, 1.165) is 32.1 Å². The Morgan fingerprint density at radius 3 is 2.85 bits per heavy atom. The van der Waals surface area contributed by atoms with Crippen LogP contribution in [0.3, 0.4) is 0 Å². The van der Waals surface area contributed by atoms with Crippen LogP contribution in [-0.2, 0) is 14.4 Å². The molecule has 0 aromatic heterocycles. The number of nitrogens with zero attached hydrogens (tertiary/aromatic N) is 1. The Balaban J connectivity index is 1.84. The highest BCUT2D eigenvalue weighted by molar-refractivity contribution is 6.04. The highest BCUT2D eigenvalue weighted by Gasteiger charge is 2.33. The quantitative estimate of drug-likeness (QED) is 0.721. The molecule has 6 heteroatoms. The lowest BCUT2D eigenvalue weighted by Crippen LogP contribution is -2.58. The standard InChI is InChI=1S/C14H23N3O3/c1-9-14(20)16-12(18)8-17(9)13(19)6-5-10-3-2-4-11(15)7-10/h9-11H,2-8,15H2,1H3,(H,16,18,20). The van der Waals surface area contributed by atoms with Crippen molar-refractivity contribution in [1.29, 1.82) is 0 Å². The number of imide groups is 1. The van der Waals surface area contributed by atoms with Crippen molar-refractivity contribution in [1.82, 2.24) is 10.2 Å². The smallest absolute Gasteiger partial charge is 0.249 e. The predicted molar refractivity (Wildman–Crippen MR) is 73.5 cm³/mol. The summed E-state index contributed by atoms with van der Waals surface area (Å²) >= 11 is 0. The van der Waals surface area contributed by atoms with Crippen LogP contribution in [-0.4, -0.2) is 41.2 Å². The van der Waals surface area contributed by atoms with Gasteiger partial charge < -0.3 is 10.6 Å². The lowest BCUT2D eigenvalue weighted by Gasteiger charge is -2.32. The molecule has 0 bridgehead atoms. The number of carbonyl (C=O) groups excluding carboxylic acids is 3. The van der Waals surface area contributed by atoms with Gasteiger partial charge in [0.1, 0.15) is 12.6 Å². The van der Waals surface area contributed by atoms with E-state index in [1.54, 1.807) is 6.92 Å². The van der Waals surface area contributed by atoms with E-state index in [1.807, 2.05) is 0 Å². The van der Waals surface area contributed by atoms with E-state index in [0.29, 0.717) is 12.3 Å². The molecule has 3 unspecified atom stereocenters. The van der Waals surface area contributed by atoms with E-state index in [-0.39, 0.29) is 18.5 Å². The Kier molecular flexibility index (Phi) is 4.75. The van der Waals surface area contributed by atoms with Crippen LogP contribution in [0.25, 0.3) is 0 Å². The van der Waals surface area contributed by atoms with Crippen LogP contribution in [0, 0.1) is 5.92 Å². The Morgan fingerprint density at radius 2 is 2.15 bits per heavy atom. The van der Waals surface area contributed by atoms with Crippen LogP contribution in [0.4, 0.5) is 0 Å². The molecular weight excluding hydrogens is 258 g/mol. The van der Waals surface area contributed by atoms with Crippen molar-refractivity contribution in [3.05, 3.63) is 0 Å². The molecule has 1 saturated heterocycles. The molecule has 2 aliphatic rings. The van der Waals surface area contributed by atoms with Gasteiger partial charge in [0, 0.05) is 12.5 Å². The SMILES string of the molecule is CC1C(=O)NC(=O)CN1C(=O)CCC1CCCC(N)C1. The average molecular weight is 281 g/mol. The minimum atomic E-state index is -0.561. The predicted octanol–water partition coefficient (Wildman–Crippen LogP) is 0.158. The summed E-state index contributed by atoms with van der Waals surface area (Å²) < 4.78 is 0. The maximum Gasteiger partial charge on any atom is 0.249 e. The summed E-state index contributed by atoms with van der Waals surface area (Å²) in [7, 11) is 0. The van der Waals surface area contributed by atoms with Gasteiger partial charge in [-0.1, -0.05) is 12.8 Å². The van der Waals surface area contributed by atoms with Crippen molar-refractivity contribution in [2.75, 3.05) is 6.54 Å². The first-order valence-corrected chi connectivity index (χ1v) is 7.36. The number of carbonyl (C=O) groups is 3. The van der Waals surface area contributed by atoms with E-state index in [1.165, 1.54) is 4.90 Å². The third-order valence-corrected chi connectivity index (χ3v) is 4.33. The summed E-state index contributed by atoms with van der Waals surface area (Å²) in [5.41, 5.74) is 5.94. The number of rotatable bonds is 3. The number of hydrogen-bond donors (Lipinski definition) is 2. The van der Waals surface area contributed by atoms with Gasteiger partial charge in [-0.3, -0.25) is 19.7 Å². The van der Waals surface area contributed by atoms with Crippen molar-refractivity contribution in [2.24, 2.45) is 11.7 Å². The molecular formula is C14H23N3O3. The number of hydrogen-bond acceptors (Lipinski definition) is 4. The summed E-state index contributed by atoms with van der Waals surface area (Å²) in [6.45, 7) is 1.63. The number of piperazine rings is 1. The van der Waals surface area contributed by atoms with Crippen molar-refractivity contribution in [3.8, 4) is 0 Å². The molecule has 2 fully saturated rings. The van der Waals surface area contributed by atoms with Gasteiger partial charge in [-0.05, 0) is 32.1 Å². The molecule has 6 nitrogen and oxygen atoms in total. The maximum absolute atomic E-state index is 12.2. The lowest BCUT2D eigenvalue weighted by molar-refractivity contribution is -0.149. The van der Waals surface area contributed by atoms with E-state index in [2.05, 4.69) is 5.32 Å². The first kappa shape index (κ1) is 15.0. The first-order valence-electron chi connectivity index (χ1n) is 7.36. The molecule has 0 aromatic rings. The minimum absolute atomic E-state index is 0.0179. The van der Waals surface area contributed by atoms with Gasteiger partial charge in [-0.15, -0.1) is 0 Å². The normalized spacial score (nSPS) is 31.1. The topological polar surface area (TPSA) is 92.5 Å². The molecule has 3 N–H and O–H groups in total. The Morgan fingerprint density at radius 1 is 1.40 bits per heavy atom. The molecule has 0 radical (unpaired) electrons. The Hall–Kier alpha value is -1.43. The number of nitrogens with one attached hydrogen (secondary N) is 1. The van der Waals surface area contributed by atoms with Gasteiger partial charge in [0.15, 0.2) is 0 Å². The molecule has 0 spiro atoms. The second kappa shape index (κ2) is 6.35. The largest absolute Gasteiger partial charge is 0.328 e. The van der Waals surface area contributed by atoms with Crippen LogP contribution in [0.1, 0.15) is 45.4 Å². The van der Waals surface area contributed by atoms with Gasteiger partial charge in [0.25, 0.3) is 0 Å². The van der Waals surface area contributed by atoms with E-state index < -0.39 is 17.9 Å². The molecule has 1 saturated carbocycles. The highest BCUT2D eigenvalue weighted by Crippen LogP contribution is 2.27. The van der Waals surface area contributed by atoms with Crippen molar-refractivity contribution in [3.63, 3.8) is 0 Å². The van der Waals surface area contributed by atoms with Gasteiger partial charge in [-0.2, -0.15) is 0 Å². The van der Waals surface area contributed by atoms with E-state index >= 15 is 0 Å². The number of nitrogens with two attached hydrogens (primary N) is 1. The highest BCUT2D eigenvalue weighted by atomic mass is 16.2. The summed E-state index contributed by atoms with van der Waals surface area (Å²) in [5, 5.41) is 2.24. The molecule has 1 aliphatic carbocycles. The van der Waals surface area contributed by atoms with Crippen LogP contribution < -0.4 is 11.1 Å². The fourth-order valence-electron chi connectivity index (χ4n) is 3.08. The molecule has 112 valence electrons. The molecule has 20 heavy (non-hydrogen) atoms. The second-order valence-electron chi connectivity index (χ2n) is 5.94. The minimum Gasteiger partial charge on any atom is -0.328 e. The molecule has 2 rings (SSSR count). The van der Waals surface area contributed by atoms with E-state index in [9.17, 15) is 14.4 Å². The van der Waals surface area contributed by atoms with Crippen LogP contribution in [0.5, 0.6) is 0 Å². The zero-order valence-electron chi connectivity index (χ0n) is 11.9. The third-order valence-electron chi connectivity index (χ3n) is 4.33. The molecule has 1 aliphatic heterocycles. The van der Waals surface area contributed by atoms with Gasteiger partial charge in [0.2, 0.25) is 17.7 Å². The molecule has 1 heterocycles. The zero-order valence-corrected chi connectivity index (χ0v) is 11.9. The van der Waals surface area contributed by atoms with Gasteiger partial charge >= 0.3 is 0 Å². The number of amides is 3. The second-order valence-corrected chi connectivity index (χ2v) is 5.94. The lowest BCUT2D eigenvalue weighted by atomic mass is 9.83. The summed E-state index contributed by atoms with van der Waals surface area (Å²) in [6.07, 6.45) is 5.48. The zero-order chi connectivity index (χ0) is 14.7. The van der Waals surface area contributed by atoms with Crippen LogP contribution in [0.2, 0.25) is 0 Å². The fourth-order valence-corrected chi connectivity index (χ4v) is 3.08. The Labute approximate surface area is 119 Å². The summed E-state index contributed by atoms with van der Waals surface area (Å²) in [4.78, 5) is 36.4. The maximum atomic E-state index is 12.2. The molecule has 0 aromatic carbocycles. The fraction of sp³-hybridized carbons (Fsp3) is 0.786. The van der Waals surface area contributed by atoms with E-state index in [4.69, 9.17) is 5.73 Å². The van der Waals surface area contributed by atoms with Crippen molar-refractivity contribution < 1.29 is 14.4 Å². The van der Waals surface area contributed by atoms with Crippen molar-refractivity contribution in [2.45, 2.75) is 57.5 Å². The van der Waals surface area contributed by atoms with Gasteiger partial charge in [-0.25, -0.2) is 0 Å². The molecule has 3 amide bonds. The van der Waals surface area contributed by atoms with Crippen LogP contribution >= 0.6 is 0 Å². The Bertz CT molecular complexity index is 410. The van der Waals surface area contributed by atoms with Gasteiger partial charge in [0.05, 0.1) is 0 Å².